The van der Waals surface area contributed by atoms with Gasteiger partial charge in [0.1, 0.15) is 12.7 Å². The predicted molar refractivity (Wildman–Crippen MR) is 177 cm³/mol. The average Bonchev–Trinajstić information content (AvgIpc) is 3.02. The summed E-state index contributed by atoms with van der Waals surface area (Å²) >= 11 is 0. The molecule has 0 bridgehead atoms. The summed E-state index contributed by atoms with van der Waals surface area (Å²) in [5, 5.41) is 18.2. The molecule has 0 aliphatic carbocycles. The van der Waals surface area contributed by atoms with Gasteiger partial charge in [0.05, 0.1) is 19.8 Å². The number of allylic oxidation sites excluding steroid dienone is 8. The minimum atomic E-state index is -4.61. The van der Waals surface area contributed by atoms with Crippen molar-refractivity contribution in [1.29, 1.82) is 0 Å². The first-order chi connectivity index (χ1) is 21.7. The quantitative estimate of drug-likeness (QED) is 0.0308. The van der Waals surface area contributed by atoms with E-state index in [0.717, 1.165) is 57.8 Å². The van der Waals surface area contributed by atoms with Gasteiger partial charge in [-0.3, -0.25) is 18.6 Å². The second-order valence-electron chi connectivity index (χ2n) is 10.8. The third kappa shape index (κ3) is 30.4. The molecule has 1 unspecified atom stereocenters. The maximum absolute atomic E-state index is 12.4. The van der Waals surface area contributed by atoms with Crippen molar-refractivity contribution >= 4 is 19.8 Å². The Balaban J connectivity index is 4.46. The number of aliphatic hydroxyl groups is 2. The number of esters is 2. The molecule has 0 aliphatic rings. The monoisotopic (exact) mass is 658 g/mol. The molecule has 0 aromatic rings. The van der Waals surface area contributed by atoms with Gasteiger partial charge in [0, 0.05) is 12.8 Å². The maximum atomic E-state index is 12.4. The van der Waals surface area contributed by atoms with E-state index in [1.807, 2.05) is 0 Å². The molecule has 0 amide bonds. The third-order valence-electron chi connectivity index (χ3n) is 6.50. The van der Waals surface area contributed by atoms with Crippen LogP contribution in [0.5, 0.6) is 0 Å². The van der Waals surface area contributed by atoms with Gasteiger partial charge >= 0.3 is 19.8 Å². The molecule has 3 N–H and O–H groups in total. The number of hydrogen-bond donors (Lipinski definition) is 3. The van der Waals surface area contributed by atoms with Crippen molar-refractivity contribution in [1.82, 2.24) is 0 Å². The van der Waals surface area contributed by atoms with Gasteiger partial charge in [-0.05, 0) is 51.4 Å². The largest absolute Gasteiger partial charge is 0.472 e. The fraction of sp³-hybridized carbons (Fsp3) is 0.706. The van der Waals surface area contributed by atoms with Crippen molar-refractivity contribution in [3.8, 4) is 0 Å². The van der Waals surface area contributed by atoms with E-state index in [9.17, 15) is 24.2 Å². The van der Waals surface area contributed by atoms with E-state index in [1.165, 1.54) is 19.3 Å². The van der Waals surface area contributed by atoms with Crippen LogP contribution in [0, 0.1) is 0 Å². The molecule has 0 fully saturated rings. The first-order valence-electron chi connectivity index (χ1n) is 16.6. The minimum absolute atomic E-state index is 0.172. The molecule has 3 atom stereocenters. The molecule has 45 heavy (non-hydrogen) atoms. The molecule has 0 aromatic carbocycles. The van der Waals surface area contributed by atoms with Crippen molar-refractivity contribution in [2.45, 2.75) is 129 Å². The Morgan fingerprint density at radius 2 is 1.22 bits per heavy atom. The SMILES string of the molecule is CC/C=C/C/C=C/C/C=C/C/C=C/CCCCC(=O)OC[C@@H](COP(=O)(O)OC[C@H](O)CO)OC(=O)CCCCCCCCC. The summed E-state index contributed by atoms with van der Waals surface area (Å²) in [5.41, 5.74) is 0. The third-order valence-corrected chi connectivity index (χ3v) is 7.45. The summed E-state index contributed by atoms with van der Waals surface area (Å²) < 4.78 is 32.3. The van der Waals surface area contributed by atoms with E-state index >= 15 is 0 Å². The summed E-state index contributed by atoms with van der Waals surface area (Å²) in [6, 6.07) is 0. The van der Waals surface area contributed by atoms with Crippen LogP contribution in [0.25, 0.3) is 0 Å². The number of hydrogen-bond acceptors (Lipinski definition) is 9. The van der Waals surface area contributed by atoms with Crippen LogP contribution in [0.1, 0.15) is 117 Å². The summed E-state index contributed by atoms with van der Waals surface area (Å²) in [6.45, 7) is 2.11. The highest BCUT2D eigenvalue weighted by Gasteiger charge is 2.27. The molecular weight excluding hydrogens is 599 g/mol. The number of aliphatic hydroxyl groups excluding tert-OH is 2. The van der Waals surface area contributed by atoms with Gasteiger partial charge in [-0.1, -0.05) is 101 Å². The molecule has 0 rings (SSSR count). The Hall–Kier alpha value is -2.07. The van der Waals surface area contributed by atoms with Crippen LogP contribution in [0.3, 0.4) is 0 Å². The van der Waals surface area contributed by atoms with Crippen LogP contribution in [-0.2, 0) is 32.7 Å². The normalized spacial score (nSPS) is 14.9. The molecule has 0 radical (unpaired) electrons. The van der Waals surface area contributed by atoms with Crippen molar-refractivity contribution in [3.63, 3.8) is 0 Å². The smallest absolute Gasteiger partial charge is 0.462 e. The van der Waals surface area contributed by atoms with Gasteiger partial charge in [0.15, 0.2) is 6.10 Å². The number of phosphoric ester groups is 1. The molecule has 0 aliphatic heterocycles. The molecule has 0 saturated carbocycles. The topological polar surface area (TPSA) is 149 Å². The fourth-order valence-corrected chi connectivity index (χ4v) is 4.71. The molecule has 0 aromatic heterocycles. The van der Waals surface area contributed by atoms with Crippen LogP contribution in [0.4, 0.5) is 0 Å². The Bertz CT molecular complexity index is 899. The number of unbranched alkanes of at least 4 members (excludes halogenated alkanes) is 8. The lowest BCUT2D eigenvalue weighted by Gasteiger charge is -2.20. The van der Waals surface area contributed by atoms with E-state index in [1.54, 1.807) is 0 Å². The first-order valence-corrected chi connectivity index (χ1v) is 18.1. The van der Waals surface area contributed by atoms with Crippen molar-refractivity contribution in [3.05, 3.63) is 48.6 Å². The Morgan fingerprint density at radius 1 is 0.689 bits per heavy atom. The van der Waals surface area contributed by atoms with Gasteiger partial charge in [0.2, 0.25) is 0 Å². The standard InChI is InChI=1S/C34H59O10P/c1-3-5-7-9-11-12-13-14-15-16-17-18-20-21-23-25-33(37)41-29-32(30-43-45(39,40)42-28-31(36)27-35)44-34(38)26-24-22-19-10-8-6-4-2/h5,7,11-12,14-15,17-18,31-32,35-36H,3-4,6,8-10,13,16,19-30H2,1-2H3,(H,39,40)/b7-5+,12-11+,15-14+,18-17+/t31-,32+/m1/s1. The predicted octanol–water partition coefficient (Wildman–Crippen LogP) is 7.43. The zero-order valence-corrected chi connectivity index (χ0v) is 28.5. The number of ether oxygens (including phenoxy) is 2. The molecule has 260 valence electrons. The number of phosphoric acid groups is 1. The van der Waals surface area contributed by atoms with Gasteiger partial charge < -0.3 is 24.6 Å². The number of rotatable bonds is 30. The van der Waals surface area contributed by atoms with Gasteiger partial charge in [-0.2, -0.15) is 0 Å². The summed E-state index contributed by atoms with van der Waals surface area (Å²) in [6.07, 6.45) is 28.3. The van der Waals surface area contributed by atoms with Crippen molar-refractivity contribution < 1.29 is 47.8 Å². The van der Waals surface area contributed by atoms with Crippen molar-refractivity contribution in [2.24, 2.45) is 0 Å². The lowest BCUT2D eigenvalue weighted by molar-refractivity contribution is -0.161. The molecule has 0 heterocycles. The minimum Gasteiger partial charge on any atom is -0.462 e. The Morgan fingerprint density at radius 3 is 1.84 bits per heavy atom. The van der Waals surface area contributed by atoms with E-state index < -0.39 is 51.8 Å². The van der Waals surface area contributed by atoms with Gasteiger partial charge in [-0.15, -0.1) is 0 Å². The highest BCUT2D eigenvalue weighted by atomic mass is 31.2. The summed E-state index contributed by atoms with van der Waals surface area (Å²) in [5.74, 6) is -0.988. The van der Waals surface area contributed by atoms with Crippen LogP contribution < -0.4 is 0 Å². The zero-order valence-electron chi connectivity index (χ0n) is 27.6. The number of carbonyl (C=O) groups excluding carboxylic acids is 2. The maximum Gasteiger partial charge on any atom is 0.472 e. The van der Waals surface area contributed by atoms with Crippen LogP contribution in [-0.4, -0.2) is 65.7 Å². The Kier molecular flexibility index (Phi) is 29.2. The second kappa shape index (κ2) is 30.6. The Labute approximate surface area is 271 Å². The van der Waals surface area contributed by atoms with Gasteiger partial charge in [-0.25, -0.2) is 4.57 Å². The fourth-order valence-electron chi connectivity index (χ4n) is 3.92. The van der Waals surface area contributed by atoms with Crippen LogP contribution >= 0.6 is 7.82 Å². The van der Waals surface area contributed by atoms with E-state index in [0.29, 0.717) is 12.8 Å². The van der Waals surface area contributed by atoms with Crippen LogP contribution in [0.15, 0.2) is 48.6 Å². The highest BCUT2D eigenvalue weighted by molar-refractivity contribution is 7.47. The lowest BCUT2D eigenvalue weighted by atomic mass is 10.1. The van der Waals surface area contributed by atoms with E-state index in [4.69, 9.17) is 19.1 Å². The van der Waals surface area contributed by atoms with E-state index in [2.05, 4.69) is 67.0 Å². The molecule has 11 heteroatoms. The average molecular weight is 659 g/mol. The highest BCUT2D eigenvalue weighted by Crippen LogP contribution is 2.43. The summed E-state index contributed by atoms with van der Waals surface area (Å²) in [7, 11) is -4.61. The molecule has 10 nitrogen and oxygen atoms in total. The number of carbonyl (C=O) groups is 2. The van der Waals surface area contributed by atoms with Crippen molar-refractivity contribution in [2.75, 3.05) is 26.4 Å². The van der Waals surface area contributed by atoms with E-state index in [-0.39, 0.29) is 19.4 Å². The first kappa shape index (κ1) is 42.9. The van der Waals surface area contributed by atoms with Crippen LogP contribution in [0.2, 0.25) is 0 Å². The second-order valence-corrected chi connectivity index (χ2v) is 12.3. The molecule has 0 spiro atoms. The zero-order chi connectivity index (χ0) is 33.4. The summed E-state index contributed by atoms with van der Waals surface area (Å²) in [4.78, 5) is 34.5. The lowest BCUT2D eigenvalue weighted by Crippen LogP contribution is -2.29. The molecular formula is C34H59O10P. The molecule has 0 saturated heterocycles. The van der Waals surface area contributed by atoms with Gasteiger partial charge in [0.25, 0.3) is 0 Å².